The summed E-state index contributed by atoms with van der Waals surface area (Å²) in [6.45, 7) is 10.1. The molecule has 1 aromatic rings. The van der Waals surface area contributed by atoms with Crippen LogP contribution in [-0.4, -0.2) is 56.3 Å². The van der Waals surface area contributed by atoms with E-state index >= 15 is 0 Å². The number of hydrogen-bond donors (Lipinski definition) is 2. The third kappa shape index (κ3) is 4.35. The summed E-state index contributed by atoms with van der Waals surface area (Å²) >= 11 is 0. The summed E-state index contributed by atoms with van der Waals surface area (Å²) in [4.78, 5) is 29.9. The number of ether oxygens (including phenoxy) is 2. The molecule has 31 heavy (non-hydrogen) atoms. The van der Waals surface area contributed by atoms with Gasteiger partial charge in [0.05, 0.1) is 5.54 Å². The van der Waals surface area contributed by atoms with Crippen LogP contribution in [0.4, 0.5) is 0 Å². The first-order chi connectivity index (χ1) is 14.5. The third-order valence-corrected chi connectivity index (χ3v) is 6.57. The predicted octanol–water partition coefficient (Wildman–Crippen LogP) is 3.76. The Morgan fingerprint density at radius 1 is 1.06 bits per heavy atom. The molecule has 3 unspecified atom stereocenters. The third-order valence-electron chi connectivity index (χ3n) is 6.57. The molecule has 2 aliphatic heterocycles. The second-order valence-electron chi connectivity index (χ2n) is 9.21. The molecule has 1 spiro atoms. The van der Waals surface area contributed by atoms with Gasteiger partial charge in [-0.15, -0.1) is 0 Å². The van der Waals surface area contributed by atoms with Gasteiger partial charge in [-0.2, -0.15) is 5.06 Å². The van der Waals surface area contributed by atoms with E-state index in [1.165, 1.54) is 0 Å². The number of aliphatic carboxylic acids is 2. The van der Waals surface area contributed by atoms with Crippen molar-refractivity contribution in [3.8, 4) is 0 Å². The minimum absolute atomic E-state index is 0.198. The van der Waals surface area contributed by atoms with Crippen molar-refractivity contribution in [2.24, 2.45) is 0 Å². The van der Waals surface area contributed by atoms with Crippen LogP contribution < -0.4 is 0 Å². The highest BCUT2D eigenvalue weighted by molar-refractivity contribution is 5.84. The molecule has 8 nitrogen and oxygen atoms in total. The molecule has 2 N–H and O–H groups in total. The van der Waals surface area contributed by atoms with E-state index in [1.807, 2.05) is 70.0 Å². The zero-order valence-corrected chi connectivity index (χ0v) is 18.8. The van der Waals surface area contributed by atoms with E-state index in [2.05, 4.69) is 0 Å². The standard InChI is InChI=1S/C23H33NO7/c1-6-22(7-2)14-23(29-17(19(25)26)18(30-23)20(27)28)13-21(4,5)24(22)31-15(3)16-11-9-8-10-12-16/h8-12,15,17-18H,6-7,13-14H2,1-5H3,(H,25,26)(H,27,28). The smallest absolute Gasteiger partial charge is 0.336 e. The van der Waals surface area contributed by atoms with Gasteiger partial charge in [-0.3, -0.25) is 4.84 Å². The normalized spacial score (nSPS) is 30.9. The van der Waals surface area contributed by atoms with Crippen LogP contribution in [0.2, 0.25) is 0 Å². The zero-order chi connectivity index (χ0) is 23.0. The number of carbonyl (C=O) groups is 2. The molecule has 0 aliphatic carbocycles. The first-order valence-corrected chi connectivity index (χ1v) is 10.8. The summed E-state index contributed by atoms with van der Waals surface area (Å²) in [6, 6.07) is 9.93. The largest absolute Gasteiger partial charge is 0.479 e. The highest BCUT2D eigenvalue weighted by atomic mass is 16.8. The van der Waals surface area contributed by atoms with Crippen molar-refractivity contribution in [3.05, 3.63) is 35.9 Å². The summed E-state index contributed by atoms with van der Waals surface area (Å²) in [6.07, 6.45) is -1.32. The molecule has 1 aromatic carbocycles. The minimum atomic E-state index is -1.55. The highest BCUT2D eigenvalue weighted by Gasteiger charge is 2.64. The number of benzene rings is 1. The fourth-order valence-corrected chi connectivity index (χ4v) is 5.13. The molecule has 2 fully saturated rings. The Bertz CT molecular complexity index is 783. The molecule has 2 aliphatic rings. The van der Waals surface area contributed by atoms with Crippen LogP contribution in [0.5, 0.6) is 0 Å². The SMILES string of the molecule is CCC1(CC)CC2(CC(C)(C)N1OC(C)c1ccccc1)OC(C(=O)O)C(C(=O)O)O2. The van der Waals surface area contributed by atoms with Crippen LogP contribution in [0.3, 0.4) is 0 Å². The van der Waals surface area contributed by atoms with Crippen molar-refractivity contribution in [2.45, 2.75) is 95.5 Å². The lowest BCUT2D eigenvalue weighted by Gasteiger charge is -2.59. The number of hydrogen-bond acceptors (Lipinski definition) is 6. The van der Waals surface area contributed by atoms with Crippen molar-refractivity contribution in [2.75, 3.05) is 0 Å². The summed E-state index contributed by atoms with van der Waals surface area (Å²) in [5, 5.41) is 21.0. The van der Waals surface area contributed by atoms with E-state index in [0.29, 0.717) is 19.3 Å². The number of carboxylic acids is 2. The monoisotopic (exact) mass is 435 g/mol. The van der Waals surface area contributed by atoms with Crippen molar-refractivity contribution in [1.29, 1.82) is 0 Å². The fraction of sp³-hybridized carbons (Fsp3) is 0.652. The van der Waals surface area contributed by atoms with Crippen LogP contribution in [0.15, 0.2) is 30.3 Å². The molecule has 0 aromatic heterocycles. The van der Waals surface area contributed by atoms with Gasteiger partial charge in [0.1, 0.15) is 6.10 Å². The zero-order valence-electron chi connectivity index (χ0n) is 18.8. The molecular weight excluding hydrogens is 402 g/mol. The van der Waals surface area contributed by atoms with Crippen LogP contribution in [0.1, 0.15) is 72.0 Å². The van der Waals surface area contributed by atoms with Crippen LogP contribution >= 0.6 is 0 Å². The van der Waals surface area contributed by atoms with E-state index in [4.69, 9.17) is 14.3 Å². The summed E-state index contributed by atoms with van der Waals surface area (Å²) < 4.78 is 11.7. The summed E-state index contributed by atoms with van der Waals surface area (Å²) in [5.41, 5.74) is -0.0877. The first-order valence-electron chi connectivity index (χ1n) is 10.8. The van der Waals surface area contributed by atoms with Gasteiger partial charge < -0.3 is 19.7 Å². The van der Waals surface area contributed by atoms with Gasteiger partial charge in [0.2, 0.25) is 0 Å². The first kappa shape index (κ1) is 23.7. The lowest BCUT2D eigenvalue weighted by molar-refractivity contribution is -0.360. The Hall–Kier alpha value is -2.00. The van der Waals surface area contributed by atoms with Gasteiger partial charge in [-0.1, -0.05) is 44.2 Å². The maximum Gasteiger partial charge on any atom is 0.336 e. The van der Waals surface area contributed by atoms with Gasteiger partial charge in [-0.25, -0.2) is 9.59 Å². The quantitative estimate of drug-likeness (QED) is 0.667. The number of nitrogens with zero attached hydrogens (tertiary/aromatic N) is 1. The number of carboxylic acid groups (broad SMARTS) is 2. The Morgan fingerprint density at radius 3 is 2.03 bits per heavy atom. The lowest BCUT2D eigenvalue weighted by atomic mass is 9.73. The molecule has 172 valence electrons. The van der Waals surface area contributed by atoms with Crippen LogP contribution in [0.25, 0.3) is 0 Å². The molecule has 3 atom stereocenters. The maximum absolute atomic E-state index is 11.7. The second-order valence-corrected chi connectivity index (χ2v) is 9.21. The van der Waals surface area contributed by atoms with Crippen LogP contribution in [-0.2, 0) is 23.9 Å². The van der Waals surface area contributed by atoms with E-state index < -0.39 is 41.0 Å². The second kappa shape index (κ2) is 8.50. The van der Waals surface area contributed by atoms with Crippen molar-refractivity contribution >= 4 is 11.9 Å². The Morgan fingerprint density at radius 2 is 1.58 bits per heavy atom. The van der Waals surface area contributed by atoms with Crippen molar-refractivity contribution < 1.29 is 34.1 Å². The number of hydroxylamine groups is 2. The Kier molecular flexibility index (Phi) is 6.49. The van der Waals surface area contributed by atoms with Gasteiger partial charge >= 0.3 is 11.9 Å². The lowest BCUT2D eigenvalue weighted by Crippen LogP contribution is -2.67. The van der Waals surface area contributed by atoms with E-state index in [9.17, 15) is 19.8 Å². The number of rotatable bonds is 7. The molecule has 0 radical (unpaired) electrons. The molecule has 8 heteroatoms. The maximum atomic E-state index is 11.7. The number of piperidine rings is 1. The topological polar surface area (TPSA) is 106 Å². The molecule has 3 rings (SSSR count). The van der Waals surface area contributed by atoms with Gasteiger partial charge in [-0.05, 0) is 39.2 Å². The molecular formula is C23H33NO7. The van der Waals surface area contributed by atoms with E-state index in [0.717, 1.165) is 5.56 Å². The molecule has 2 heterocycles. The van der Waals surface area contributed by atoms with Gasteiger partial charge in [0.25, 0.3) is 0 Å². The van der Waals surface area contributed by atoms with Crippen LogP contribution in [0, 0.1) is 0 Å². The molecule has 0 saturated carbocycles. The fourth-order valence-electron chi connectivity index (χ4n) is 5.13. The minimum Gasteiger partial charge on any atom is -0.479 e. The van der Waals surface area contributed by atoms with Gasteiger partial charge in [0.15, 0.2) is 18.0 Å². The average molecular weight is 436 g/mol. The highest BCUT2D eigenvalue weighted by Crippen LogP contribution is 2.53. The average Bonchev–Trinajstić information content (AvgIpc) is 3.09. The molecule has 0 bridgehead atoms. The predicted molar refractivity (Wildman–Crippen MR) is 112 cm³/mol. The molecule has 0 amide bonds. The molecule has 2 saturated heterocycles. The van der Waals surface area contributed by atoms with Crippen molar-refractivity contribution in [1.82, 2.24) is 5.06 Å². The van der Waals surface area contributed by atoms with E-state index in [-0.39, 0.29) is 12.5 Å². The van der Waals surface area contributed by atoms with Gasteiger partial charge in [0, 0.05) is 18.4 Å². The van der Waals surface area contributed by atoms with E-state index in [1.54, 1.807) is 0 Å². The van der Waals surface area contributed by atoms with Crippen molar-refractivity contribution in [3.63, 3.8) is 0 Å². The Labute approximate surface area is 183 Å². The summed E-state index contributed by atoms with van der Waals surface area (Å²) in [5.74, 6) is -3.98. The summed E-state index contributed by atoms with van der Waals surface area (Å²) in [7, 11) is 0. The Balaban J connectivity index is 1.95.